The first-order valence-corrected chi connectivity index (χ1v) is 8.79. The lowest BCUT2D eigenvalue weighted by atomic mass is 9.82. The van der Waals surface area contributed by atoms with E-state index in [1.807, 2.05) is 9.80 Å². The van der Waals surface area contributed by atoms with Gasteiger partial charge in [0.15, 0.2) is 0 Å². The van der Waals surface area contributed by atoms with E-state index >= 15 is 0 Å². The van der Waals surface area contributed by atoms with Crippen LogP contribution < -0.4 is 0 Å². The van der Waals surface area contributed by atoms with Crippen molar-refractivity contribution >= 4 is 11.8 Å². The Bertz CT molecular complexity index is 382. The molecule has 3 rings (SSSR count). The maximum absolute atomic E-state index is 12.5. The first kappa shape index (κ1) is 14.9. The monoisotopic (exact) mass is 292 g/mol. The van der Waals surface area contributed by atoms with Crippen LogP contribution in [-0.2, 0) is 9.59 Å². The number of hydrogen-bond donors (Lipinski definition) is 0. The summed E-state index contributed by atoms with van der Waals surface area (Å²) in [6, 6.07) is 0. The predicted molar refractivity (Wildman–Crippen MR) is 81.7 cm³/mol. The lowest BCUT2D eigenvalue weighted by Crippen LogP contribution is -2.43. The minimum absolute atomic E-state index is 0.179. The predicted octanol–water partition coefficient (Wildman–Crippen LogP) is 2.43. The molecule has 2 amide bonds. The average Bonchev–Trinajstić information content (AvgIpc) is 2.91. The third-order valence-electron chi connectivity index (χ3n) is 5.58. The van der Waals surface area contributed by atoms with Crippen LogP contribution in [0.4, 0.5) is 0 Å². The summed E-state index contributed by atoms with van der Waals surface area (Å²) in [6.07, 6.45) is 10.2. The van der Waals surface area contributed by atoms with Gasteiger partial charge in [0, 0.05) is 26.1 Å². The van der Waals surface area contributed by atoms with Gasteiger partial charge in [0.05, 0.1) is 6.54 Å². The molecule has 0 aromatic carbocycles. The highest BCUT2D eigenvalue weighted by atomic mass is 16.2. The van der Waals surface area contributed by atoms with Gasteiger partial charge in [-0.2, -0.15) is 0 Å². The van der Waals surface area contributed by atoms with Crippen LogP contribution in [0.25, 0.3) is 0 Å². The first-order valence-electron chi connectivity index (χ1n) is 8.79. The fourth-order valence-electron chi connectivity index (χ4n) is 4.26. The van der Waals surface area contributed by atoms with E-state index in [4.69, 9.17) is 0 Å². The van der Waals surface area contributed by atoms with Gasteiger partial charge in [0.25, 0.3) is 0 Å². The molecular formula is C17H28N2O2. The number of likely N-dealkylation sites (tertiary alicyclic amines) is 2. The second-order valence-electron chi connectivity index (χ2n) is 7.08. The molecule has 0 aromatic rings. The maximum Gasteiger partial charge on any atom is 0.242 e. The van der Waals surface area contributed by atoms with Crippen molar-refractivity contribution < 1.29 is 9.59 Å². The van der Waals surface area contributed by atoms with Crippen LogP contribution in [0.1, 0.15) is 57.8 Å². The van der Waals surface area contributed by atoms with Crippen LogP contribution in [0.15, 0.2) is 0 Å². The third kappa shape index (κ3) is 3.58. The van der Waals surface area contributed by atoms with E-state index in [2.05, 4.69) is 0 Å². The summed E-state index contributed by atoms with van der Waals surface area (Å²) in [5, 5.41) is 0. The van der Waals surface area contributed by atoms with E-state index in [1.54, 1.807) is 0 Å². The number of carbonyl (C=O) groups excluding carboxylic acids is 2. The molecule has 0 spiro atoms. The summed E-state index contributed by atoms with van der Waals surface area (Å²) in [5.74, 6) is 1.81. The van der Waals surface area contributed by atoms with E-state index in [9.17, 15) is 9.59 Å². The van der Waals surface area contributed by atoms with Crippen LogP contribution in [0.3, 0.4) is 0 Å². The van der Waals surface area contributed by atoms with Crippen molar-refractivity contribution in [2.45, 2.75) is 57.8 Å². The summed E-state index contributed by atoms with van der Waals surface area (Å²) in [4.78, 5) is 28.5. The summed E-state index contributed by atoms with van der Waals surface area (Å²) >= 11 is 0. The zero-order chi connectivity index (χ0) is 14.7. The van der Waals surface area contributed by atoms with Gasteiger partial charge in [-0.1, -0.05) is 25.7 Å². The highest BCUT2D eigenvalue weighted by Crippen LogP contribution is 2.36. The fraction of sp³-hybridized carbons (Fsp3) is 0.882. The van der Waals surface area contributed by atoms with Crippen molar-refractivity contribution in [3.05, 3.63) is 0 Å². The van der Waals surface area contributed by atoms with Crippen LogP contribution in [0.2, 0.25) is 0 Å². The van der Waals surface area contributed by atoms with Crippen LogP contribution in [0.5, 0.6) is 0 Å². The summed E-state index contributed by atoms with van der Waals surface area (Å²) in [7, 11) is 0. The minimum atomic E-state index is 0.179. The Labute approximate surface area is 127 Å². The van der Waals surface area contributed by atoms with E-state index in [-0.39, 0.29) is 11.8 Å². The van der Waals surface area contributed by atoms with Crippen LogP contribution >= 0.6 is 0 Å². The highest BCUT2D eigenvalue weighted by molar-refractivity contribution is 5.85. The van der Waals surface area contributed by atoms with Gasteiger partial charge in [-0.3, -0.25) is 9.59 Å². The number of fused-ring (bicyclic) bond motifs is 1. The molecule has 0 aromatic heterocycles. The Hall–Kier alpha value is -1.06. The van der Waals surface area contributed by atoms with Crippen LogP contribution in [-0.4, -0.2) is 47.8 Å². The second kappa shape index (κ2) is 6.80. The number of amides is 2. The van der Waals surface area contributed by atoms with Crippen molar-refractivity contribution in [2.24, 2.45) is 11.8 Å². The van der Waals surface area contributed by atoms with Crippen LogP contribution in [0, 0.1) is 11.8 Å². The van der Waals surface area contributed by atoms with E-state index in [1.165, 1.54) is 32.1 Å². The minimum Gasteiger partial charge on any atom is -0.341 e. The summed E-state index contributed by atoms with van der Waals surface area (Å²) < 4.78 is 0. The smallest absolute Gasteiger partial charge is 0.242 e. The molecule has 3 aliphatic rings. The summed E-state index contributed by atoms with van der Waals surface area (Å²) in [5.41, 5.74) is 0. The van der Waals surface area contributed by atoms with Gasteiger partial charge >= 0.3 is 0 Å². The molecule has 2 unspecified atom stereocenters. The van der Waals surface area contributed by atoms with Crippen molar-refractivity contribution in [3.63, 3.8) is 0 Å². The topological polar surface area (TPSA) is 40.6 Å². The summed E-state index contributed by atoms with van der Waals surface area (Å²) in [6.45, 7) is 2.96. The molecular weight excluding hydrogens is 264 g/mol. The average molecular weight is 292 g/mol. The van der Waals surface area contributed by atoms with E-state index in [0.29, 0.717) is 13.0 Å². The molecule has 2 aliphatic heterocycles. The van der Waals surface area contributed by atoms with Crippen molar-refractivity contribution in [1.82, 2.24) is 9.80 Å². The Morgan fingerprint density at radius 3 is 2.33 bits per heavy atom. The molecule has 0 N–H and O–H groups in total. The van der Waals surface area contributed by atoms with Gasteiger partial charge < -0.3 is 9.80 Å². The zero-order valence-electron chi connectivity index (χ0n) is 13.1. The van der Waals surface area contributed by atoms with E-state index < -0.39 is 0 Å². The SMILES string of the molecule is O=C1CCCCCCN1CC(=O)N1CC2CCCCC2C1. The van der Waals surface area contributed by atoms with Crippen molar-refractivity contribution in [1.29, 1.82) is 0 Å². The Kier molecular flexibility index (Phi) is 4.81. The molecule has 0 bridgehead atoms. The molecule has 4 nitrogen and oxygen atoms in total. The highest BCUT2D eigenvalue weighted by Gasteiger charge is 2.36. The normalized spacial score (nSPS) is 30.8. The Morgan fingerprint density at radius 2 is 1.62 bits per heavy atom. The molecule has 1 aliphatic carbocycles. The van der Waals surface area contributed by atoms with Gasteiger partial charge in [-0.15, -0.1) is 0 Å². The number of rotatable bonds is 2. The van der Waals surface area contributed by atoms with Gasteiger partial charge in [0.1, 0.15) is 0 Å². The number of carbonyl (C=O) groups is 2. The van der Waals surface area contributed by atoms with Gasteiger partial charge in [0.2, 0.25) is 11.8 Å². The number of nitrogens with zero attached hydrogens (tertiary/aromatic N) is 2. The molecule has 4 heteroatoms. The molecule has 2 heterocycles. The second-order valence-corrected chi connectivity index (χ2v) is 7.08. The molecule has 2 saturated heterocycles. The van der Waals surface area contributed by atoms with Gasteiger partial charge in [-0.25, -0.2) is 0 Å². The quantitative estimate of drug-likeness (QED) is 0.784. The molecule has 118 valence electrons. The first-order chi connectivity index (χ1) is 10.2. The largest absolute Gasteiger partial charge is 0.341 e. The fourth-order valence-corrected chi connectivity index (χ4v) is 4.26. The lowest BCUT2D eigenvalue weighted by molar-refractivity contribution is -0.140. The molecule has 0 radical (unpaired) electrons. The molecule has 21 heavy (non-hydrogen) atoms. The number of hydrogen-bond acceptors (Lipinski definition) is 2. The standard InChI is InChI=1S/C17H28N2O2/c20-16-9-3-1-2-6-10-18(16)13-17(21)19-11-14-7-4-5-8-15(14)12-19/h14-15H,1-13H2. The Morgan fingerprint density at radius 1 is 0.952 bits per heavy atom. The zero-order valence-corrected chi connectivity index (χ0v) is 13.1. The third-order valence-corrected chi connectivity index (χ3v) is 5.58. The lowest BCUT2D eigenvalue weighted by Gasteiger charge is -2.26. The Balaban J connectivity index is 1.54. The van der Waals surface area contributed by atoms with E-state index in [0.717, 1.165) is 50.7 Å². The molecule has 3 fully saturated rings. The van der Waals surface area contributed by atoms with Gasteiger partial charge in [-0.05, 0) is 37.5 Å². The van der Waals surface area contributed by atoms with Crippen molar-refractivity contribution in [2.75, 3.05) is 26.2 Å². The molecule has 1 saturated carbocycles. The molecule has 2 atom stereocenters. The van der Waals surface area contributed by atoms with Crippen molar-refractivity contribution in [3.8, 4) is 0 Å². The maximum atomic E-state index is 12.5.